The molecule has 1 aliphatic rings. The number of aryl methyl sites for hydroxylation is 2. The molecule has 0 heterocycles. The van der Waals surface area contributed by atoms with E-state index in [1.807, 2.05) is 19.2 Å². The summed E-state index contributed by atoms with van der Waals surface area (Å²) in [4.78, 5) is 42.8. The molecule has 2 aromatic rings. The molecule has 0 saturated heterocycles. The Morgan fingerprint density at radius 1 is 1.15 bits per heavy atom. The van der Waals surface area contributed by atoms with Gasteiger partial charge in [-0.2, -0.15) is 11.8 Å². The van der Waals surface area contributed by atoms with Crippen molar-refractivity contribution in [1.29, 1.82) is 0 Å². The fourth-order valence-corrected chi connectivity index (χ4v) is 5.31. The second-order valence-electron chi connectivity index (χ2n) is 11.2. The third kappa shape index (κ3) is 8.07. The number of phenolic OH excluding ortho intramolecular Hbond substituents is 1. The summed E-state index contributed by atoms with van der Waals surface area (Å²) in [5, 5.41) is 16.3. The number of amides is 3. The lowest BCUT2D eigenvalue weighted by molar-refractivity contribution is -0.145. The lowest BCUT2D eigenvalue weighted by Gasteiger charge is -2.43. The molecule has 2 atom stereocenters. The molecule has 1 saturated carbocycles. The molecule has 8 nitrogen and oxygen atoms in total. The highest BCUT2D eigenvalue weighted by atomic mass is 35.5. The average Bonchev–Trinajstić information content (AvgIpc) is 2.83. The Morgan fingerprint density at radius 2 is 1.85 bits per heavy atom. The van der Waals surface area contributed by atoms with E-state index >= 15 is 0 Å². The van der Waals surface area contributed by atoms with E-state index in [2.05, 4.69) is 10.6 Å². The van der Waals surface area contributed by atoms with E-state index < -0.39 is 29.7 Å². The van der Waals surface area contributed by atoms with E-state index in [1.54, 1.807) is 68.6 Å². The molecular formula is C30H40ClN3O5S. The maximum absolute atomic E-state index is 14.3. The van der Waals surface area contributed by atoms with Crippen LogP contribution in [0.25, 0.3) is 0 Å². The molecule has 3 amide bonds. The Kier molecular flexibility index (Phi) is 10.8. The van der Waals surface area contributed by atoms with Crippen LogP contribution in [0, 0.1) is 13.8 Å². The summed E-state index contributed by atoms with van der Waals surface area (Å²) in [7, 11) is 0. The van der Waals surface area contributed by atoms with Gasteiger partial charge in [0.05, 0.1) is 10.7 Å². The number of thioether (sulfide) groups is 1. The second kappa shape index (κ2) is 13.6. The van der Waals surface area contributed by atoms with E-state index in [4.69, 9.17) is 16.3 Å². The molecule has 0 radical (unpaired) electrons. The summed E-state index contributed by atoms with van der Waals surface area (Å²) in [6, 6.07) is 8.14. The van der Waals surface area contributed by atoms with Gasteiger partial charge in [-0.05, 0) is 107 Å². The van der Waals surface area contributed by atoms with Crippen LogP contribution in [0.5, 0.6) is 5.75 Å². The number of anilines is 1. The van der Waals surface area contributed by atoms with Gasteiger partial charge in [-0.15, -0.1) is 0 Å². The van der Waals surface area contributed by atoms with Crippen molar-refractivity contribution in [1.82, 2.24) is 10.2 Å². The van der Waals surface area contributed by atoms with E-state index in [1.165, 1.54) is 6.07 Å². The molecule has 3 rings (SSSR count). The maximum atomic E-state index is 14.3. The zero-order chi connectivity index (χ0) is 29.6. The van der Waals surface area contributed by atoms with Gasteiger partial charge in [0.15, 0.2) is 0 Å². The van der Waals surface area contributed by atoms with Gasteiger partial charge in [0.25, 0.3) is 5.91 Å². The van der Waals surface area contributed by atoms with Crippen molar-refractivity contribution in [3.8, 4) is 5.75 Å². The molecule has 0 aliphatic heterocycles. The standard InChI is InChI=1S/C30H40ClN3O5S/c1-18-9-7-12-22(31)25(18)33-27(36)26(20-13-14-24(35)19(2)17-20)34(21-10-8-11-21)28(37)23(15-16-40-6)32-29(38)39-30(3,4)5/h7,9,12-14,17,21,23,26,35H,8,10-11,15-16H2,1-6H3,(H,32,38)(H,33,36). The van der Waals surface area contributed by atoms with Crippen LogP contribution in [-0.2, 0) is 14.3 Å². The first-order valence-electron chi connectivity index (χ1n) is 13.5. The third-order valence-electron chi connectivity index (χ3n) is 6.86. The fourth-order valence-electron chi connectivity index (χ4n) is 4.57. The Bertz CT molecular complexity index is 1210. The predicted octanol–water partition coefficient (Wildman–Crippen LogP) is 6.37. The minimum absolute atomic E-state index is 0.0933. The lowest BCUT2D eigenvalue weighted by Crippen LogP contribution is -2.57. The van der Waals surface area contributed by atoms with Crippen LogP contribution in [0.15, 0.2) is 36.4 Å². The molecule has 0 aromatic heterocycles. The van der Waals surface area contributed by atoms with E-state index in [0.717, 1.165) is 24.8 Å². The smallest absolute Gasteiger partial charge is 0.408 e. The molecule has 40 heavy (non-hydrogen) atoms. The maximum Gasteiger partial charge on any atom is 0.408 e. The number of phenols is 1. The Hall–Kier alpha value is -2.91. The average molecular weight is 590 g/mol. The molecule has 2 unspecified atom stereocenters. The highest BCUT2D eigenvalue weighted by Crippen LogP contribution is 2.36. The summed E-state index contributed by atoms with van der Waals surface area (Å²) in [6.07, 6.45) is 4.01. The van der Waals surface area contributed by atoms with Crippen molar-refractivity contribution >= 4 is 47.0 Å². The highest BCUT2D eigenvalue weighted by molar-refractivity contribution is 7.98. The molecule has 10 heteroatoms. The fraction of sp³-hybridized carbons (Fsp3) is 0.500. The van der Waals surface area contributed by atoms with Crippen molar-refractivity contribution in [2.45, 2.75) is 84.0 Å². The van der Waals surface area contributed by atoms with Crippen LogP contribution >= 0.6 is 23.4 Å². The van der Waals surface area contributed by atoms with Crippen molar-refractivity contribution in [3.05, 3.63) is 58.1 Å². The predicted molar refractivity (Wildman–Crippen MR) is 161 cm³/mol. The van der Waals surface area contributed by atoms with E-state index in [-0.39, 0.29) is 17.7 Å². The monoisotopic (exact) mass is 589 g/mol. The number of halogens is 1. The first-order valence-corrected chi connectivity index (χ1v) is 15.3. The quantitative estimate of drug-likeness (QED) is 0.297. The number of hydrogen-bond acceptors (Lipinski definition) is 6. The SMILES string of the molecule is CSCCC(NC(=O)OC(C)(C)C)C(=O)N(C1CCC1)C(C(=O)Nc1c(C)cccc1Cl)c1ccc(O)c(C)c1. The van der Waals surface area contributed by atoms with Gasteiger partial charge in [-0.25, -0.2) is 4.79 Å². The number of alkyl carbamates (subject to hydrolysis) is 1. The van der Waals surface area contributed by atoms with Gasteiger partial charge in [0.1, 0.15) is 23.4 Å². The highest BCUT2D eigenvalue weighted by Gasteiger charge is 2.42. The number of ether oxygens (including phenoxy) is 1. The van der Waals surface area contributed by atoms with Crippen molar-refractivity contribution in [3.63, 3.8) is 0 Å². The van der Waals surface area contributed by atoms with Crippen LogP contribution in [0.4, 0.5) is 10.5 Å². The summed E-state index contributed by atoms with van der Waals surface area (Å²) >= 11 is 8.00. The summed E-state index contributed by atoms with van der Waals surface area (Å²) in [6.45, 7) is 8.87. The number of carbonyl (C=O) groups excluding carboxylic acids is 3. The Balaban J connectivity index is 2.06. The molecule has 2 aromatic carbocycles. The van der Waals surface area contributed by atoms with Crippen LogP contribution < -0.4 is 10.6 Å². The van der Waals surface area contributed by atoms with Gasteiger partial charge in [0.2, 0.25) is 5.91 Å². The third-order valence-corrected chi connectivity index (χ3v) is 7.81. The zero-order valence-electron chi connectivity index (χ0n) is 24.0. The van der Waals surface area contributed by atoms with Crippen LogP contribution in [-0.4, -0.2) is 57.6 Å². The van der Waals surface area contributed by atoms with Crippen molar-refractivity contribution < 1.29 is 24.2 Å². The number of nitrogens with zero attached hydrogens (tertiary/aromatic N) is 1. The minimum Gasteiger partial charge on any atom is -0.508 e. The first kappa shape index (κ1) is 31.6. The van der Waals surface area contributed by atoms with Crippen LogP contribution in [0.2, 0.25) is 5.02 Å². The number of para-hydroxylation sites is 1. The topological polar surface area (TPSA) is 108 Å². The number of carbonyl (C=O) groups is 3. The van der Waals surface area contributed by atoms with Gasteiger partial charge in [-0.3, -0.25) is 9.59 Å². The number of benzene rings is 2. The number of hydrogen-bond donors (Lipinski definition) is 3. The van der Waals surface area contributed by atoms with Gasteiger partial charge in [-0.1, -0.05) is 29.8 Å². The number of rotatable bonds is 10. The number of aromatic hydroxyl groups is 1. The molecular weight excluding hydrogens is 550 g/mol. The van der Waals surface area contributed by atoms with Gasteiger partial charge in [0, 0.05) is 6.04 Å². The summed E-state index contributed by atoms with van der Waals surface area (Å²) in [5.74, 6) is -0.0665. The van der Waals surface area contributed by atoms with Crippen molar-refractivity contribution in [2.75, 3.05) is 17.3 Å². The van der Waals surface area contributed by atoms with Gasteiger partial charge >= 0.3 is 6.09 Å². The Morgan fingerprint density at radius 3 is 2.40 bits per heavy atom. The van der Waals surface area contributed by atoms with E-state index in [0.29, 0.717) is 34.0 Å². The molecule has 218 valence electrons. The molecule has 0 spiro atoms. The molecule has 1 fully saturated rings. The van der Waals surface area contributed by atoms with Gasteiger partial charge < -0.3 is 25.4 Å². The van der Waals surface area contributed by atoms with Crippen molar-refractivity contribution in [2.24, 2.45) is 0 Å². The normalized spacial score (nSPS) is 15.0. The first-order chi connectivity index (χ1) is 18.8. The summed E-state index contributed by atoms with van der Waals surface area (Å²) < 4.78 is 5.46. The Labute approximate surface area is 246 Å². The minimum atomic E-state index is -1.02. The number of nitrogens with one attached hydrogen (secondary N) is 2. The second-order valence-corrected chi connectivity index (χ2v) is 12.6. The van der Waals surface area contributed by atoms with E-state index in [9.17, 15) is 19.5 Å². The van der Waals surface area contributed by atoms with Crippen LogP contribution in [0.3, 0.4) is 0 Å². The largest absolute Gasteiger partial charge is 0.508 e. The lowest BCUT2D eigenvalue weighted by atomic mass is 9.87. The molecule has 0 bridgehead atoms. The molecule has 1 aliphatic carbocycles. The molecule has 3 N–H and O–H groups in total. The zero-order valence-corrected chi connectivity index (χ0v) is 25.6. The summed E-state index contributed by atoms with van der Waals surface area (Å²) in [5.41, 5.74) is 1.66. The van der Waals surface area contributed by atoms with Crippen LogP contribution in [0.1, 0.15) is 69.2 Å².